The van der Waals surface area contributed by atoms with Crippen molar-refractivity contribution < 1.29 is 13.6 Å². The highest BCUT2D eigenvalue weighted by Crippen LogP contribution is 2.26. The van der Waals surface area contributed by atoms with E-state index >= 15 is 0 Å². The second-order valence-electron chi connectivity index (χ2n) is 8.60. The largest absolute Gasteiger partial charge is 0.424 e. The lowest BCUT2D eigenvalue weighted by molar-refractivity contribution is -0.132. The van der Waals surface area contributed by atoms with Gasteiger partial charge in [0.2, 0.25) is 0 Å². The summed E-state index contributed by atoms with van der Waals surface area (Å²) in [6.45, 7) is 8.57. The number of nitrogens with zero attached hydrogens (tertiary/aromatic N) is 5. The van der Waals surface area contributed by atoms with Gasteiger partial charge in [-0.25, -0.2) is 4.39 Å². The first-order valence-corrected chi connectivity index (χ1v) is 11.4. The molecule has 4 rings (SSSR count). The maximum Gasteiger partial charge on any atom is 0.295 e. The molecule has 1 N–H and O–H groups in total. The lowest BCUT2D eigenvalue weighted by Crippen LogP contribution is -2.51. The SMILES string of the molecule is C=C(C)/C(F)=C\C=C(/Cn1nccn1)C(=O)N1CCC[C@@H](C)[C@H]1CNc1nc2ccccc2o1. The van der Waals surface area contributed by atoms with Gasteiger partial charge in [-0.3, -0.25) is 4.79 Å². The average molecular weight is 465 g/mol. The number of carbonyl (C=O) groups excluding carboxylic acids is 1. The van der Waals surface area contributed by atoms with Gasteiger partial charge < -0.3 is 14.6 Å². The summed E-state index contributed by atoms with van der Waals surface area (Å²) in [5.41, 5.74) is 2.18. The molecule has 0 spiro atoms. The first kappa shape index (κ1) is 23.4. The normalized spacial score (nSPS) is 19.4. The van der Waals surface area contributed by atoms with Crippen LogP contribution in [0.25, 0.3) is 11.1 Å². The van der Waals surface area contributed by atoms with Gasteiger partial charge in [-0.05, 0) is 55.5 Å². The monoisotopic (exact) mass is 464 g/mol. The van der Waals surface area contributed by atoms with Crippen LogP contribution in [0.3, 0.4) is 0 Å². The highest BCUT2D eigenvalue weighted by Gasteiger charge is 2.33. The standard InChI is InChI=1S/C25H29FN6O2/c1-17(2)20(26)11-10-19(16-32-28-12-13-29-32)24(33)31-14-6-7-18(3)22(31)15-27-25-30-21-8-4-5-9-23(21)34-25/h4-5,8-13,18,22H,1,6-7,14-16H2,2-3H3,(H,27,30)/b19-10+,20-11+/t18-,22-/m1/s1. The Morgan fingerprint density at radius 2 is 2.06 bits per heavy atom. The lowest BCUT2D eigenvalue weighted by Gasteiger charge is -2.40. The molecule has 1 aliphatic rings. The van der Waals surface area contributed by atoms with E-state index in [0.717, 1.165) is 18.4 Å². The Morgan fingerprint density at radius 1 is 1.29 bits per heavy atom. The molecule has 1 amide bonds. The molecule has 1 saturated heterocycles. The number of amides is 1. The number of benzene rings is 1. The molecule has 3 aromatic rings. The van der Waals surface area contributed by atoms with Crippen molar-refractivity contribution in [3.63, 3.8) is 0 Å². The zero-order valence-electron chi connectivity index (χ0n) is 19.4. The van der Waals surface area contributed by atoms with E-state index in [4.69, 9.17) is 4.42 Å². The lowest BCUT2D eigenvalue weighted by atomic mass is 9.90. The minimum absolute atomic E-state index is 0.0831. The molecule has 2 aromatic heterocycles. The van der Waals surface area contributed by atoms with Crippen molar-refractivity contribution in [2.75, 3.05) is 18.4 Å². The van der Waals surface area contributed by atoms with E-state index in [-0.39, 0.29) is 24.4 Å². The van der Waals surface area contributed by atoms with Crippen molar-refractivity contribution in [3.8, 4) is 0 Å². The minimum Gasteiger partial charge on any atom is -0.424 e. The molecule has 0 unspecified atom stereocenters. The summed E-state index contributed by atoms with van der Waals surface area (Å²) in [6.07, 6.45) is 7.77. The van der Waals surface area contributed by atoms with Gasteiger partial charge in [0.05, 0.1) is 25.0 Å². The van der Waals surface area contributed by atoms with Crippen molar-refractivity contribution in [1.29, 1.82) is 0 Å². The Morgan fingerprint density at radius 3 is 2.79 bits per heavy atom. The fourth-order valence-electron chi connectivity index (χ4n) is 4.12. The number of halogens is 1. The van der Waals surface area contributed by atoms with Gasteiger partial charge >= 0.3 is 0 Å². The van der Waals surface area contributed by atoms with Crippen LogP contribution in [0.5, 0.6) is 0 Å². The molecular weight excluding hydrogens is 435 g/mol. The van der Waals surface area contributed by atoms with Gasteiger partial charge in [0.15, 0.2) is 5.58 Å². The van der Waals surface area contributed by atoms with Gasteiger partial charge in [-0.15, -0.1) is 0 Å². The fourth-order valence-corrected chi connectivity index (χ4v) is 4.12. The van der Waals surface area contributed by atoms with Gasteiger partial charge in [-0.1, -0.05) is 25.6 Å². The second kappa shape index (κ2) is 10.5. The molecule has 1 aliphatic heterocycles. The molecule has 0 bridgehead atoms. The summed E-state index contributed by atoms with van der Waals surface area (Å²) < 4.78 is 19.9. The number of oxazole rings is 1. The van der Waals surface area contributed by atoms with E-state index < -0.39 is 5.83 Å². The van der Waals surface area contributed by atoms with Crippen LogP contribution in [0.1, 0.15) is 26.7 Å². The van der Waals surface area contributed by atoms with Gasteiger partial charge in [0, 0.05) is 18.7 Å². The molecular formula is C25H29FN6O2. The number of likely N-dealkylation sites (tertiary alicyclic amines) is 1. The van der Waals surface area contributed by atoms with Crippen molar-refractivity contribution in [2.45, 2.75) is 39.3 Å². The predicted octanol–water partition coefficient (Wildman–Crippen LogP) is 4.51. The maximum absolute atomic E-state index is 14.1. The Balaban J connectivity index is 1.55. The fraction of sp³-hybridized carbons (Fsp3) is 0.360. The molecule has 0 radical (unpaired) electrons. The number of fused-ring (bicyclic) bond motifs is 1. The number of hydrogen-bond donors (Lipinski definition) is 1. The first-order valence-electron chi connectivity index (χ1n) is 11.4. The van der Waals surface area contributed by atoms with E-state index in [2.05, 4.69) is 34.0 Å². The quantitative estimate of drug-likeness (QED) is 0.390. The number of aromatic nitrogens is 4. The van der Waals surface area contributed by atoms with Gasteiger partial charge in [-0.2, -0.15) is 20.0 Å². The van der Waals surface area contributed by atoms with Crippen LogP contribution in [0.2, 0.25) is 0 Å². The number of allylic oxidation sites excluding steroid dienone is 4. The molecule has 8 nitrogen and oxygen atoms in total. The van der Waals surface area contributed by atoms with Crippen molar-refractivity contribution >= 4 is 23.0 Å². The van der Waals surface area contributed by atoms with Crippen LogP contribution in [0, 0.1) is 5.92 Å². The Hall–Kier alpha value is -3.75. The summed E-state index contributed by atoms with van der Waals surface area (Å²) in [5.74, 6) is -0.375. The maximum atomic E-state index is 14.1. The minimum atomic E-state index is -0.472. The number of para-hydroxylation sites is 2. The van der Waals surface area contributed by atoms with Gasteiger partial charge in [0.25, 0.3) is 11.9 Å². The highest BCUT2D eigenvalue weighted by atomic mass is 19.1. The molecule has 34 heavy (non-hydrogen) atoms. The van der Waals surface area contributed by atoms with Crippen LogP contribution in [0.4, 0.5) is 10.4 Å². The third-order valence-corrected chi connectivity index (χ3v) is 6.02. The smallest absolute Gasteiger partial charge is 0.295 e. The summed E-state index contributed by atoms with van der Waals surface area (Å²) in [7, 11) is 0. The summed E-state index contributed by atoms with van der Waals surface area (Å²) in [4.78, 5) is 21.4. The summed E-state index contributed by atoms with van der Waals surface area (Å²) in [5, 5.41) is 11.5. The zero-order chi connectivity index (χ0) is 24.1. The Kier molecular flexibility index (Phi) is 7.20. The number of nitrogens with one attached hydrogen (secondary N) is 1. The van der Waals surface area contributed by atoms with E-state index in [1.807, 2.05) is 29.2 Å². The van der Waals surface area contributed by atoms with Crippen LogP contribution in [-0.2, 0) is 11.3 Å². The van der Waals surface area contributed by atoms with E-state index in [0.29, 0.717) is 35.8 Å². The summed E-state index contributed by atoms with van der Waals surface area (Å²) >= 11 is 0. The number of hydrogen-bond acceptors (Lipinski definition) is 6. The van der Waals surface area contributed by atoms with Gasteiger partial charge in [0.1, 0.15) is 11.3 Å². The van der Waals surface area contributed by atoms with Crippen LogP contribution in [0.15, 0.2) is 76.8 Å². The number of carbonyl (C=O) groups is 1. The molecule has 178 valence electrons. The number of piperidine rings is 1. The molecule has 1 aromatic carbocycles. The predicted molar refractivity (Wildman–Crippen MR) is 129 cm³/mol. The molecule has 2 atom stereocenters. The molecule has 3 heterocycles. The van der Waals surface area contributed by atoms with Crippen molar-refractivity contribution in [3.05, 3.63) is 72.4 Å². The van der Waals surface area contributed by atoms with E-state index in [1.165, 1.54) is 16.9 Å². The van der Waals surface area contributed by atoms with Crippen LogP contribution >= 0.6 is 0 Å². The molecule has 1 fully saturated rings. The Labute approximate surface area is 197 Å². The highest BCUT2D eigenvalue weighted by molar-refractivity contribution is 5.94. The number of rotatable bonds is 8. The van der Waals surface area contributed by atoms with Crippen LogP contribution in [-0.4, -0.2) is 49.9 Å². The molecule has 0 saturated carbocycles. The topological polar surface area (TPSA) is 89.1 Å². The van der Waals surface area contributed by atoms with Crippen molar-refractivity contribution in [1.82, 2.24) is 24.9 Å². The second-order valence-corrected chi connectivity index (χ2v) is 8.60. The molecule has 0 aliphatic carbocycles. The third-order valence-electron chi connectivity index (χ3n) is 6.02. The zero-order valence-corrected chi connectivity index (χ0v) is 19.4. The Bertz CT molecular complexity index is 1180. The summed E-state index contributed by atoms with van der Waals surface area (Å²) in [6, 6.07) is 7.90. The van der Waals surface area contributed by atoms with E-state index in [1.54, 1.807) is 19.3 Å². The molecule has 9 heteroatoms. The third kappa shape index (κ3) is 5.41. The van der Waals surface area contributed by atoms with Crippen LogP contribution < -0.4 is 5.32 Å². The van der Waals surface area contributed by atoms with Crippen molar-refractivity contribution in [2.24, 2.45) is 5.92 Å². The van der Waals surface area contributed by atoms with E-state index in [9.17, 15) is 9.18 Å². The average Bonchev–Trinajstić information content (AvgIpc) is 3.49. The first-order chi connectivity index (χ1) is 16.4. The number of anilines is 1.